The number of carbonyl (C=O) groups is 2. The molecule has 2 rings (SSSR count). The largest absolute Gasteiger partial charge is 0.490 e. The van der Waals surface area contributed by atoms with E-state index < -0.39 is 0 Å². The van der Waals surface area contributed by atoms with Crippen molar-refractivity contribution in [2.75, 3.05) is 17.3 Å². The van der Waals surface area contributed by atoms with Crippen molar-refractivity contribution in [2.24, 2.45) is 0 Å². The fourth-order valence-electron chi connectivity index (χ4n) is 2.29. The quantitative estimate of drug-likeness (QED) is 0.770. The Kier molecular flexibility index (Phi) is 6.90. The van der Waals surface area contributed by atoms with E-state index in [1.165, 1.54) is 11.8 Å². The Hall–Kier alpha value is -2.93. The predicted octanol–water partition coefficient (Wildman–Crippen LogP) is 3.58. The molecule has 2 aromatic carbocycles. The molecule has 6 nitrogen and oxygen atoms in total. The summed E-state index contributed by atoms with van der Waals surface area (Å²) in [6, 6.07) is 14.1. The van der Waals surface area contributed by atoms with E-state index >= 15 is 0 Å². The van der Waals surface area contributed by atoms with Crippen molar-refractivity contribution in [2.45, 2.75) is 26.9 Å². The van der Waals surface area contributed by atoms with Crippen LogP contribution in [-0.4, -0.2) is 30.1 Å². The molecule has 142 valence electrons. The average Bonchev–Trinajstić information content (AvgIpc) is 2.61. The number of para-hydroxylation sites is 1. The normalized spacial score (nSPS) is 10.3. The van der Waals surface area contributed by atoms with E-state index in [9.17, 15) is 9.59 Å². The lowest BCUT2D eigenvalue weighted by Gasteiger charge is -2.16. The highest BCUT2D eigenvalue weighted by atomic mass is 32.1. The van der Waals surface area contributed by atoms with Gasteiger partial charge in [0.2, 0.25) is 5.91 Å². The molecule has 0 aliphatic carbocycles. The van der Waals surface area contributed by atoms with Crippen LogP contribution in [0.25, 0.3) is 0 Å². The summed E-state index contributed by atoms with van der Waals surface area (Å²) >= 11 is 5.22. The Morgan fingerprint density at radius 1 is 1.07 bits per heavy atom. The molecule has 0 spiro atoms. The van der Waals surface area contributed by atoms with Crippen LogP contribution in [0.4, 0.5) is 11.4 Å². The Morgan fingerprint density at radius 3 is 2.30 bits per heavy atom. The van der Waals surface area contributed by atoms with Crippen LogP contribution in [0.1, 0.15) is 31.1 Å². The van der Waals surface area contributed by atoms with Crippen molar-refractivity contribution in [3.05, 3.63) is 54.1 Å². The molecule has 0 unspecified atom stereocenters. The molecule has 2 amide bonds. The highest BCUT2D eigenvalue weighted by molar-refractivity contribution is 7.80. The first-order chi connectivity index (χ1) is 12.8. The summed E-state index contributed by atoms with van der Waals surface area (Å²) in [7, 11) is 1.70. The van der Waals surface area contributed by atoms with Crippen molar-refractivity contribution in [1.29, 1.82) is 0 Å². The maximum absolute atomic E-state index is 12.5. The highest BCUT2D eigenvalue weighted by Crippen LogP contribution is 2.20. The van der Waals surface area contributed by atoms with Gasteiger partial charge >= 0.3 is 0 Å². The SMILES string of the molecule is CC(=O)N(C)c1ccc(NC(=S)NC(=O)c2ccccc2OC(C)C)cc1. The molecule has 0 aliphatic rings. The second-order valence-electron chi connectivity index (χ2n) is 6.20. The number of anilines is 2. The van der Waals surface area contributed by atoms with Gasteiger partial charge in [-0.2, -0.15) is 0 Å². The van der Waals surface area contributed by atoms with Crippen molar-refractivity contribution >= 4 is 40.5 Å². The summed E-state index contributed by atoms with van der Waals surface area (Å²) < 4.78 is 5.66. The van der Waals surface area contributed by atoms with Gasteiger partial charge in [0.25, 0.3) is 5.91 Å². The molecule has 0 atom stereocenters. The lowest BCUT2D eigenvalue weighted by atomic mass is 10.2. The molecule has 0 aromatic heterocycles. The fraction of sp³-hybridized carbons (Fsp3) is 0.250. The molecular weight excluding hydrogens is 362 g/mol. The van der Waals surface area contributed by atoms with Gasteiger partial charge in [-0.15, -0.1) is 0 Å². The maximum Gasteiger partial charge on any atom is 0.261 e. The molecule has 2 aromatic rings. The molecule has 0 heterocycles. The van der Waals surface area contributed by atoms with Gasteiger partial charge in [-0.3, -0.25) is 14.9 Å². The molecule has 2 N–H and O–H groups in total. The van der Waals surface area contributed by atoms with Crippen LogP contribution < -0.4 is 20.3 Å². The van der Waals surface area contributed by atoms with Gasteiger partial charge in [-0.05, 0) is 62.5 Å². The zero-order chi connectivity index (χ0) is 20.0. The number of ether oxygens (including phenoxy) is 1. The first-order valence-corrected chi connectivity index (χ1v) is 8.91. The number of carbonyl (C=O) groups excluding carboxylic acids is 2. The van der Waals surface area contributed by atoms with Crippen molar-refractivity contribution in [3.8, 4) is 5.75 Å². The number of hydrogen-bond acceptors (Lipinski definition) is 4. The van der Waals surface area contributed by atoms with Gasteiger partial charge in [0.15, 0.2) is 5.11 Å². The Balaban J connectivity index is 2.02. The van der Waals surface area contributed by atoms with Crippen molar-refractivity contribution in [3.63, 3.8) is 0 Å². The van der Waals surface area contributed by atoms with Gasteiger partial charge in [-0.1, -0.05) is 12.1 Å². The molecule has 0 saturated carbocycles. The third-order valence-corrected chi connectivity index (χ3v) is 3.91. The van der Waals surface area contributed by atoms with Gasteiger partial charge in [0.05, 0.1) is 11.7 Å². The van der Waals surface area contributed by atoms with Crippen LogP contribution in [0.2, 0.25) is 0 Å². The number of thiocarbonyl (C=S) groups is 1. The number of hydrogen-bond donors (Lipinski definition) is 2. The Bertz CT molecular complexity index is 835. The smallest absolute Gasteiger partial charge is 0.261 e. The van der Waals surface area contributed by atoms with Crippen molar-refractivity contribution in [1.82, 2.24) is 5.32 Å². The lowest BCUT2D eigenvalue weighted by Crippen LogP contribution is -2.34. The van der Waals surface area contributed by atoms with Gasteiger partial charge in [0.1, 0.15) is 5.75 Å². The van der Waals surface area contributed by atoms with Gasteiger partial charge in [0, 0.05) is 25.3 Å². The van der Waals surface area contributed by atoms with Gasteiger partial charge in [-0.25, -0.2) is 0 Å². The average molecular weight is 385 g/mol. The van der Waals surface area contributed by atoms with E-state index in [1.54, 1.807) is 49.5 Å². The van der Waals surface area contributed by atoms with Crippen LogP contribution in [0.3, 0.4) is 0 Å². The zero-order valence-corrected chi connectivity index (χ0v) is 16.6. The summed E-state index contributed by atoms with van der Waals surface area (Å²) in [5, 5.41) is 5.78. The molecule has 0 fully saturated rings. The number of benzene rings is 2. The first-order valence-electron chi connectivity index (χ1n) is 8.50. The van der Waals surface area contributed by atoms with E-state index in [2.05, 4.69) is 10.6 Å². The first kappa shape index (κ1) is 20.4. The third kappa shape index (κ3) is 5.79. The van der Waals surface area contributed by atoms with Crippen LogP contribution >= 0.6 is 12.2 Å². The Labute approximate surface area is 164 Å². The number of nitrogens with zero attached hydrogens (tertiary/aromatic N) is 1. The minimum absolute atomic E-state index is 0.0457. The third-order valence-electron chi connectivity index (χ3n) is 3.71. The highest BCUT2D eigenvalue weighted by Gasteiger charge is 2.14. The predicted molar refractivity (Wildman–Crippen MR) is 111 cm³/mol. The van der Waals surface area contributed by atoms with E-state index in [0.717, 1.165) is 5.69 Å². The van der Waals surface area contributed by atoms with E-state index in [-0.39, 0.29) is 23.0 Å². The van der Waals surface area contributed by atoms with Crippen LogP contribution in [0, 0.1) is 0 Å². The zero-order valence-electron chi connectivity index (χ0n) is 15.8. The molecular formula is C20H23N3O3S. The summed E-state index contributed by atoms with van der Waals surface area (Å²) in [6.07, 6.45) is -0.0457. The van der Waals surface area contributed by atoms with Crippen LogP contribution in [0.15, 0.2) is 48.5 Å². The van der Waals surface area contributed by atoms with Crippen LogP contribution in [0.5, 0.6) is 5.75 Å². The molecule has 7 heteroatoms. The Morgan fingerprint density at radius 2 is 1.70 bits per heavy atom. The number of amides is 2. The topological polar surface area (TPSA) is 70.7 Å². The molecule has 0 aliphatic heterocycles. The molecule has 0 bridgehead atoms. The second kappa shape index (κ2) is 9.14. The summed E-state index contributed by atoms with van der Waals surface area (Å²) in [5.74, 6) is 0.0990. The molecule has 0 radical (unpaired) electrons. The maximum atomic E-state index is 12.5. The summed E-state index contributed by atoms with van der Waals surface area (Å²) in [4.78, 5) is 25.4. The van der Waals surface area contributed by atoms with E-state index in [4.69, 9.17) is 17.0 Å². The summed E-state index contributed by atoms with van der Waals surface area (Å²) in [6.45, 7) is 5.29. The van der Waals surface area contributed by atoms with Crippen molar-refractivity contribution < 1.29 is 14.3 Å². The van der Waals surface area contributed by atoms with E-state index in [1.807, 2.05) is 19.9 Å². The monoisotopic (exact) mass is 385 g/mol. The molecule has 0 saturated heterocycles. The second-order valence-corrected chi connectivity index (χ2v) is 6.60. The number of nitrogens with one attached hydrogen (secondary N) is 2. The minimum Gasteiger partial charge on any atom is -0.490 e. The van der Waals surface area contributed by atoms with Gasteiger partial charge < -0.3 is 15.0 Å². The number of rotatable bonds is 5. The van der Waals surface area contributed by atoms with E-state index in [0.29, 0.717) is 17.0 Å². The summed E-state index contributed by atoms with van der Waals surface area (Å²) in [5.41, 5.74) is 1.88. The minimum atomic E-state index is -0.350. The standard InChI is InChI=1S/C20H23N3O3S/c1-13(2)26-18-8-6-5-7-17(18)19(25)22-20(27)21-15-9-11-16(12-10-15)23(4)14(3)24/h5-13H,1-4H3,(H2,21,22,25,27). The lowest BCUT2D eigenvalue weighted by molar-refractivity contribution is -0.116. The fourth-order valence-corrected chi connectivity index (χ4v) is 2.50. The molecule has 27 heavy (non-hydrogen) atoms. The van der Waals surface area contributed by atoms with Crippen LogP contribution in [-0.2, 0) is 4.79 Å².